The van der Waals surface area contributed by atoms with Gasteiger partial charge in [0.2, 0.25) is 0 Å². The molecule has 2 N–H and O–H groups in total. The number of anilines is 1. The fourth-order valence-electron chi connectivity index (χ4n) is 1.04. The fourth-order valence-corrected chi connectivity index (χ4v) is 1.25. The van der Waals surface area contributed by atoms with Crippen molar-refractivity contribution in [3.8, 4) is 0 Å². The van der Waals surface area contributed by atoms with E-state index in [1.165, 1.54) is 6.07 Å². The Kier molecular flexibility index (Phi) is 5.07. The summed E-state index contributed by atoms with van der Waals surface area (Å²) in [4.78, 5) is 0. The van der Waals surface area contributed by atoms with Crippen LogP contribution in [0.5, 0.6) is 0 Å². The number of hydrogen-bond acceptors (Lipinski definition) is 2. The molecule has 0 spiro atoms. The van der Waals surface area contributed by atoms with Crippen LogP contribution in [0.2, 0.25) is 0 Å². The van der Waals surface area contributed by atoms with Crippen LogP contribution in [0.25, 0.3) is 0 Å². The van der Waals surface area contributed by atoms with Gasteiger partial charge in [0.05, 0.1) is 6.61 Å². The van der Waals surface area contributed by atoms with E-state index in [0.717, 1.165) is 12.1 Å². The highest BCUT2D eigenvalue weighted by Gasteiger charge is 2.08. The van der Waals surface area contributed by atoms with Crippen LogP contribution in [-0.4, -0.2) is 25.4 Å². The number of methoxy groups -OCH3 is 1. The lowest BCUT2D eigenvalue weighted by molar-refractivity contribution is 0.204. The number of ether oxygens (including phenoxy) is 1. The molecule has 0 saturated heterocycles. The summed E-state index contributed by atoms with van der Waals surface area (Å²) in [6.45, 7) is 0.931. The summed E-state index contributed by atoms with van der Waals surface area (Å²) in [6.07, 6.45) is 0. The number of nitrogens with one attached hydrogen (secondary N) is 2. The first-order valence-corrected chi connectivity index (χ1v) is 5.03. The molecule has 0 aromatic heterocycles. The molecule has 0 bridgehead atoms. The number of benzene rings is 1. The zero-order valence-electron chi connectivity index (χ0n) is 8.72. The zero-order valence-corrected chi connectivity index (χ0v) is 9.54. The number of hydrogen-bond donors (Lipinski definition) is 2. The van der Waals surface area contributed by atoms with Crippen molar-refractivity contribution >= 4 is 23.0 Å². The van der Waals surface area contributed by atoms with Gasteiger partial charge in [-0.2, -0.15) is 0 Å². The normalized spacial score (nSPS) is 9.94. The Hall–Kier alpha value is -1.27. The Balaban J connectivity index is 2.56. The molecular formula is C10H12F2N2OS. The third-order valence-corrected chi connectivity index (χ3v) is 2.04. The van der Waals surface area contributed by atoms with Gasteiger partial charge < -0.3 is 15.4 Å². The lowest BCUT2D eigenvalue weighted by Crippen LogP contribution is -2.31. The summed E-state index contributed by atoms with van der Waals surface area (Å²) in [5.41, 5.74) is -0.252. The predicted octanol–water partition coefficient (Wildman–Crippen LogP) is 1.90. The Bertz CT molecular complexity index is 354. The number of para-hydroxylation sites is 1. The maximum atomic E-state index is 13.2. The van der Waals surface area contributed by atoms with E-state index < -0.39 is 11.6 Å². The van der Waals surface area contributed by atoms with Crippen molar-refractivity contribution in [3.63, 3.8) is 0 Å². The second-order valence-electron chi connectivity index (χ2n) is 2.97. The monoisotopic (exact) mass is 246 g/mol. The highest BCUT2D eigenvalue weighted by molar-refractivity contribution is 7.80. The van der Waals surface area contributed by atoms with Crippen molar-refractivity contribution < 1.29 is 13.5 Å². The molecule has 0 unspecified atom stereocenters. The van der Waals surface area contributed by atoms with Gasteiger partial charge in [0.25, 0.3) is 0 Å². The Morgan fingerprint density at radius 3 is 2.56 bits per heavy atom. The summed E-state index contributed by atoms with van der Waals surface area (Å²) in [5, 5.41) is 5.35. The number of thiocarbonyl (C=S) groups is 1. The minimum absolute atomic E-state index is 0.154. The zero-order chi connectivity index (χ0) is 12.0. The first-order valence-electron chi connectivity index (χ1n) is 4.63. The standard InChI is InChI=1S/C10H12F2N2OS/c1-15-6-5-13-10(16)14-9-7(11)3-2-4-8(9)12/h2-4H,5-6H2,1H3,(H2,13,14,16). The third-order valence-electron chi connectivity index (χ3n) is 1.79. The smallest absolute Gasteiger partial charge is 0.171 e. The molecule has 1 aromatic carbocycles. The minimum Gasteiger partial charge on any atom is -0.383 e. The first-order chi connectivity index (χ1) is 7.65. The highest BCUT2D eigenvalue weighted by Crippen LogP contribution is 2.17. The topological polar surface area (TPSA) is 33.3 Å². The molecule has 0 fully saturated rings. The van der Waals surface area contributed by atoms with Crippen molar-refractivity contribution in [1.29, 1.82) is 0 Å². The van der Waals surface area contributed by atoms with Crippen LogP contribution in [0.3, 0.4) is 0 Å². The summed E-state index contributed by atoms with van der Waals surface area (Å²) in [6, 6.07) is 3.60. The largest absolute Gasteiger partial charge is 0.383 e. The molecule has 1 rings (SSSR count). The number of rotatable bonds is 4. The van der Waals surface area contributed by atoms with Crippen LogP contribution >= 0.6 is 12.2 Å². The SMILES string of the molecule is COCCNC(=S)Nc1c(F)cccc1F. The molecular weight excluding hydrogens is 234 g/mol. The van der Waals surface area contributed by atoms with E-state index in [4.69, 9.17) is 17.0 Å². The lowest BCUT2D eigenvalue weighted by atomic mass is 10.3. The van der Waals surface area contributed by atoms with Crippen LogP contribution < -0.4 is 10.6 Å². The van der Waals surface area contributed by atoms with E-state index in [-0.39, 0.29) is 10.8 Å². The van der Waals surface area contributed by atoms with E-state index in [0.29, 0.717) is 13.2 Å². The van der Waals surface area contributed by atoms with E-state index in [2.05, 4.69) is 10.6 Å². The molecule has 0 saturated carbocycles. The van der Waals surface area contributed by atoms with Crippen LogP contribution in [0.1, 0.15) is 0 Å². The van der Waals surface area contributed by atoms with Crippen molar-refractivity contribution in [2.24, 2.45) is 0 Å². The Labute approximate surface area is 97.8 Å². The maximum Gasteiger partial charge on any atom is 0.171 e. The van der Waals surface area contributed by atoms with Gasteiger partial charge in [-0.05, 0) is 24.4 Å². The molecule has 0 aliphatic rings. The van der Waals surface area contributed by atoms with Crippen LogP contribution in [0.4, 0.5) is 14.5 Å². The van der Waals surface area contributed by atoms with Crippen LogP contribution in [0, 0.1) is 11.6 Å². The molecule has 6 heteroatoms. The molecule has 0 amide bonds. The van der Waals surface area contributed by atoms with Gasteiger partial charge in [0.1, 0.15) is 17.3 Å². The van der Waals surface area contributed by atoms with Gasteiger partial charge >= 0.3 is 0 Å². The Morgan fingerprint density at radius 2 is 2.00 bits per heavy atom. The van der Waals surface area contributed by atoms with Crippen molar-refractivity contribution in [1.82, 2.24) is 5.32 Å². The summed E-state index contributed by atoms with van der Waals surface area (Å²) in [5.74, 6) is -1.37. The van der Waals surface area contributed by atoms with Crippen molar-refractivity contribution in [2.45, 2.75) is 0 Å². The molecule has 0 heterocycles. The molecule has 1 aromatic rings. The summed E-state index contributed by atoms with van der Waals surface area (Å²) < 4.78 is 31.2. The molecule has 3 nitrogen and oxygen atoms in total. The maximum absolute atomic E-state index is 13.2. The van der Waals surface area contributed by atoms with Crippen molar-refractivity contribution in [2.75, 3.05) is 25.6 Å². The molecule has 88 valence electrons. The quantitative estimate of drug-likeness (QED) is 0.628. The molecule has 0 atom stereocenters. The van der Waals surface area contributed by atoms with Gasteiger partial charge in [-0.25, -0.2) is 8.78 Å². The van der Waals surface area contributed by atoms with Crippen molar-refractivity contribution in [3.05, 3.63) is 29.8 Å². The fraction of sp³-hybridized carbons (Fsp3) is 0.300. The van der Waals surface area contributed by atoms with Gasteiger partial charge in [0, 0.05) is 13.7 Å². The van der Waals surface area contributed by atoms with E-state index >= 15 is 0 Å². The molecule has 16 heavy (non-hydrogen) atoms. The summed E-state index contributed by atoms with van der Waals surface area (Å²) >= 11 is 4.86. The van der Waals surface area contributed by atoms with E-state index in [1.54, 1.807) is 7.11 Å². The molecule has 0 radical (unpaired) electrons. The second kappa shape index (κ2) is 6.34. The van der Waals surface area contributed by atoms with Crippen LogP contribution in [0.15, 0.2) is 18.2 Å². The van der Waals surface area contributed by atoms with Gasteiger partial charge in [-0.1, -0.05) is 6.07 Å². The van der Waals surface area contributed by atoms with E-state index in [1.807, 2.05) is 0 Å². The predicted molar refractivity (Wildman–Crippen MR) is 62.5 cm³/mol. The molecule has 0 aliphatic heterocycles. The molecule has 0 aliphatic carbocycles. The Morgan fingerprint density at radius 1 is 1.38 bits per heavy atom. The lowest BCUT2D eigenvalue weighted by Gasteiger charge is -2.11. The first kappa shape index (κ1) is 12.8. The average molecular weight is 246 g/mol. The second-order valence-corrected chi connectivity index (χ2v) is 3.38. The van der Waals surface area contributed by atoms with Gasteiger partial charge in [-0.3, -0.25) is 0 Å². The summed E-state index contributed by atoms with van der Waals surface area (Å²) in [7, 11) is 1.55. The van der Waals surface area contributed by atoms with Crippen LogP contribution in [-0.2, 0) is 4.74 Å². The third kappa shape index (κ3) is 3.71. The minimum atomic E-state index is -0.684. The highest BCUT2D eigenvalue weighted by atomic mass is 32.1. The van der Waals surface area contributed by atoms with Gasteiger partial charge in [0.15, 0.2) is 5.11 Å². The van der Waals surface area contributed by atoms with Gasteiger partial charge in [-0.15, -0.1) is 0 Å². The average Bonchev–Trinajstić information content (AvgIpc) is 2.24. The number of halogens is 2. The van der Waals surface area contributed by atoms with E-state index in [9.17, 15) is 8.78 Å².